The molecule has 2 aliphatic heterocycles. The van der Waals surface area contributed by atoms with Crippen LogP contribution < -0.4 is 4.90 Å². The molecule has 33 heavy (non-hydrogen) atoms. The molecule has 0 saturated carbocycles. The highest BCUT2D eigenvalue weighted by molar-refractivity contribution is 7.84. The molecule has 0 spiro atoms. The van der Waals surface area contributed by atoms with Crippen LogP contribution in [0.5, 0.6) is 0 Å². The lowest BCUT2D eigenvalue weighted by Crippen LogP contribution is -2.47. The molecule has 2 aromatic rings. The van der Waals surface area contributed by atoms with Crippen molar-refractivity contribution in [3.8, 4) is 0 Å². The van der Waals surface area contributed by atoms with Crippen molar-refractivity contribution in [2.75, 3.05) is 37.3 Å². The third kappa shape index (κ3) is 5.10. The number of piperidine rings is 1. The molecule has 2 aromatic heterocycles. The highest BCUT2D eigenvalue weighted by Gasteiger charge is 2.36. The molecule has 0 bridgehead atoms. The summed E-state index contributed by atoms with van der Waals surface area (Å²) < 4.78 is 63.9. The Morgan fingerprint density at radius 2 is 1.82 bits per heavy atom. The lowest BCUT2D eigenvalue weighted by atomic mass is 10.0. The second-order valence-corrected chi connectivity index (χ2v) is 9.43. The van der Waals surface area contributed by atoms with Crippen LogP contribution in [-0.2, 0) is 23.5 Å². The highest BCUT2D eigenvalue weighted by Crippen LogP contribution is 2.32. The minimum atomic E-state index is -4.64. The van der Waals surface area contributed by atoms with Gasteiger partial charge in [-0.3, -0.25) is 4.21 Å². The van der Waals surface area contributed by atoms with E-state index in [-0.39, 0.29) is 17.9 Å². The molecule has 0 aromatic carbocycles. The highest BCUT2D eigenvalue weighted by atomic mass is 32.2. The van der Waals surface area contributed by atoms with E-state index in [9.17, 15) is 26.6 Å². The number of carbonyl (C=O) groups excluding carboxylic acids is 1. The van der Waals surface area contributed by atoms with Gasteiger partial charge in [-0.1, -0.05) is 6.07 Å². The SMILES string of the molecule is CS(=O)c1ccc(CN2CCN(C3CCN(c4ncc(C(F)(F)F)cc4F)CC3)C2=O)cn1. The summed E-state index contributed by atoms with van der Waals surface area (Å²) in [6.45, 7) is 2.32. The number of nitrogens with zero attached hydrogens (tertiary/aromatic N) is 5. The predicted octanol–water partition coefficient (Wildman–Crippen LogP) is 3.28. The zero-order valence-corrected chi connectivity index (χ0v) is 18.7. The van der Waals surface area contributed by atoms with Gasteiger partial charge in [0.25, 0.3) is 0 Å². The first-order valence-corrected chi connectivity index (χ1v) is 12.0. The summed E-state index contributed by atoms with van der Waals surface area (Å²) in [5, 5.41) is 0.485. The van der Waals surface area contributed by atoms with Crippen LogP contribution in [0.4, 0.5) is 28.2 Å². The van der Waals surface area contributed by atoms with Gasteiger partial charge in [0.2, 0.25) is 0 Å². The first kappa shape index (κ1) is 23.4. The first-order valence-electron chi connectivity index (χ1n) is 10.4. The predicted molar refractivity (Wildman–Crippen MR) is 114 cm³/mol. The average Bonchev–Trinajstić information content (AvgIpc) is 3.13. The molecule has 2 amide bonds. The summed E-state index contributed by atoms with van der Waals surface area (Å²) >= 11 is 0. The van der Waals surface area contributed by atoms with Crippen LogP contribution in [0.3, 0.4) is 0 Å². The standard InChI is InChI=1S/C21H23F4N5O2S/c1-33(32)18-3-2-14(11-26-18)13-29-8-9-30(20(29)31)16-4-6-28(7-5-16)19-17(22)10-15(12-27-19)21(23,24)25/h2-3,10-12,16H,4-9,13H2,1H3. The Labute approximate surface area is 190 Å². The summed E-state index contributed by atoms with van der Waals surface area (Å²) in [6, 6.07) is 3.85. The Kier molecular flexibility index (Phi) is 6.55. The third-order valence-corrected chi connectivity index (χ3v) is 6.78. The zero-order valence-electron chi connectivity index (χ0n) is 17.9. The molecule has 7 nitrogen and oxygen atoms in total. The topological polar surface area (TPSA) is 69.6 Å². The van der Waals surface area contributed by atoms with E-state index in [1.54, 1.807) is 33.2 Å². The number of urea groups is 1. The summed E-state index contributed by atoms with van der Waals surface area (Å²) in [5.74, 6) is -1.10. The van der Waals surface area contributed by atoms with Crippen LogP contribution in [-0.4, -0.2) is 68.5 Å². The molecular weight excluding hydrogens is 462 g/mol. The van der Waals surface area contributed by atoms with Gasteiger partial charge in [-0.2, -0.15) is 13.2 Å². The van der Waals surface area contributed by atoms with Gasteiger partial charge in [0.1, 0.15) is 5.03 Å². The van der Waals surface area contributed by atoms with E-state index in [4.69, 9.17) is 0 Å². The molecule has 4 rings (SSSR count). The van der Waals surface area contributed by atoms with Crippen LogP contribution in [0.25, 0.3) is 0 Å². The van der Waals surface area contributed by atoms with E-state index in [0.717, 1.165) is 5.56 Å². The van der Waals surface area contributed by atoms with Crippen LogP contribution in [0.1, 0.15) is 24.0 Å². The molecule has 178 valence electrons. The Bertz CT molecular complexity index is 1040. The smallest absolute Gasteiger partial charge is 0.354 e. The van der Waals surface area contributed by atoms with Crippen LogP contribution >= 0.6 is 0 Å². The Morgan fingerprint density at radius 1 is 1.09 bits per heavy atom. The van der Waals surface area contributed by atoms with Gasteiger partial charge in [0, 0.05) is 57.4 Å². The summed E-state index contributed by atoms with van der Waals surface area (Å²) in [6.07, 6.45) is 0.314. The largest absolute Gasteiger partial charge is 0.417 e. The molecule has 2 saturated heterocycles. The number of amides is 2. The molecule has 0 N–H and O–H groups in total. The summed E-state index contributed by atoms with van der Waals surface area (Å²) in [4.78, 5) is 25.9. The second kappa shape index (κ2) is 9.24. The minimum Gasteiger partial charge on any atom is -0.354 e. The number of anilines is 1. The monoisotopic (exact) mass is 485 g/mol. The molecule has 4 heterocycles. The number of hydrogen-bond acceptors (Lipinski definition) is 5. The fourth-order valence-corrected chi connectivity index (χ4v) is 4.65. The van der Waals surface area contributed by atoms with Crippen LogP contribution in [0, 0.1) is 5.82 Å². The van der Waals surface area contributed by atoms with Gasteiger partial charge in [-0.25, -0.2) is 19.2 Å². The minimum absolute atomic E-state index is 0.0285. The summed E-state index contributed by atoms with van der Waals surface area (Å²) in [5.41, 5.74) is -0.271. The zero-order chi connectivity index (χ0) is 23.8. The lowest BCUT2D eigenvalue weighted by molar-refractivity contribution is -0.138. The van der Waals surface area contributed by atoms with E-state index in [1.165, 1.54) is 0 Å². The Balaban J connectivity index is 1.34. The maximum absolute atomic E-state index is 14.3. The van der Waals surface area contributed by atoms with E-state index < -0.39 is 28.4 Å². The van der Waals surface area contributed by atoms with Crippen molar-refractivity contribution < 1.29 is 26.6 Å². The maximum atomic E-state index is 14.3. The second-order valence-electron chi connectivity index (χ2n) is 8.10. The van der Waals surface area contributed by atoms with Crippen molar-refractivity contribution in [2.24, 2.45) is 0 Å². The van der Waals surface area contributed by atoms with Gasteiger partial charge in [0.15, 0.2) is 11.6 Å². The van der Waals surface area contributed by atoms with Crippen molar-refractivity contribution in [1.82, 2.24) is 19.8 Å². The number of carbonyl (C=O) groups is 1. The molecule has 2 fully saturated rings. The van der Waals surface area contributed by atoms with E-state index >= 15 is 0 Å². The van der Waals surface area contributed by atoms with Crippen molar-refractivity contribution in [3.05, 3.63) is 47.5 Å². The Hall–Kier alpha value is -2.76. The molecule has 0 radical (unpaired) electrons. The molecule has 0 aliphatic carbocycles. The van der Waals surface area contributed by atoms with E-state index in [2.05, 4.69) is 9.97 Å². The third-order valence-electron chi connectivity index (χ3n) is 5.95. The molecule has 1 unspecified atom stereocenters. The molecule has 12 heteroatoms. The van der Waals surface area contributed by atoms with E-state index in [1.807, 2.05) is 6.07 Å². The molecule has 2 aliphatic rings. The van der Waals surface area contributed by atoms with Crippen molar-refractivity contribution in [2.45, 2.75) is 36.6 Å². The van der Waals surface area contributed by atoms with Gasteiger partial charge in [-0.05, 0) is 30.5 Å². The maximum Gasteiger partial charge on any atom is 0.417 e. The fourth-order valence-electron chi connectivity index (χ4n) is 4.19. The van der Waals surface area contributed by atoms with Crippen molar-refractivity contribution in [1.29, 1.82) is 0 Å². The number of aromatic nitrogens is 2. The average molecular weight is 486 g/mol. The van der Waals surface area contributed by atoms with Gasteiger partial charge in [-0.15, -0.1) is 0 Å². The van der Waals surface area contributed by atoms with Crippen LogP contribution in [0.2, 0.25) is 0 Å². The van der Waals surface area contributed by atoms with Gasteiger partial charge >= 0.3 is 12.2 Å². The fraction of sp³-hybridized carbons (Fsp3) is 0.476. The number of alkyl halides is 3. The lowest BCUT2D eigenvalue weighted by Gasteiger charge is -2.37. The van der Waals surface area contributed by atoms with Crippen LogP contribution in [0.15, 0.2) is 35.6 Å². The normalized spacial score (nSPS) is 18.8. The number of halogens is 4. The Morgan fingerprint density at radius 3 is 2.39 bits per heavy atom. The number of hydrogen-bond donors (Lipinski definition) is 0. The number of pyridine rings is 2. The van der Waals surface area contributed by atoms with Crippen molar-refractivity contribution >= 4 is 22.6 Å². The summed E-state index contributed by atoms with van der Waals surface area (Å²) in [7, 11) is -1.16. The van der Waals surface area contributed by atoms with Gasteiger partial charge < -0.3 is 14.7 Å². The molecular formula is C21H23F4N5O2S. The van der Waals surface area contributed by atoms with E-state index in [0.29, 0.717) is 62.9 Å². The number of rotatable bonds is 5. The molecule has 1 atom stereocenters. The van der Waals surface area contributed by atoms with Gasteiger partial charge in [0.05, 0.1) is 16.4 Å². The quantitative estimate of drug-likeness (QED) is 0.608. The first-order chi connectivity index (χ1) is 15.6. The van der Waals surface area contributed by atoms with Crippen molar-refractivity contribution in [3.63, 3.8) is 0 Å².